The molecule has 0 bridgehead atoms. The van der Waals surface area contributed by atoms with Gasteiger partial charge >= 0.3 is 6.01 Å². The molecule has 0 spiro atoms. The Balaban J connectivity index is 1.20. The molecule has 1 aliphatic carbocycles. The first-order chi connectivity index (χ1) is 17.4. The molecule has 194 valence electrons. The second-order valence-corrected chi connectivity index (χ2v) is 9.51. The summed E-state index contributed by atoms with van der Waals surface area (Å²) in [4.78, 5) is 35.4. The molecule has 1 aromatic carbocycles. The zero-order valence-electron chi connectivity index (χ0n) is 20.6. The molecular formula is C26H34FN5O4. The molecule has 4 rings (SSSR count). The number of carbonyl (C=O) groups is 2. The third-order valence-electron chi connectivity index (χ3n) is 7.08. The van der Waals surface area contributed by atoms with E-state index < -0.39 is 18.2 Å². The minimum absolute atomic E-state index is 0.0181. The number of rotatable bonds is 9. The van der Waals surface area contributed by atoms with Crippen LogP contribution in [0, 0.1) is 0 Å². The first kappa shape index (κ1) is 26.0. The SMILES string of the molecule is CCOc1ncc(C2(O)CCC(N3CC[C@@H](NC(=O)CNC(=O)c4cccc(CF)c4)C3)CC2)cn1. The lowest BCUT2D eigenvalue weighted by Crippen LogP contribution is -2.45. The Bertz CT molecular complexity index is 1040. The number of amides is 2. The molecule has 2 heterocycles. The van der Waals surface area contributed by atoms with E-state index in [1.54, 1.807) is 30.6 Å². The number of hydrogen-bond acceptors (Lipinski definition) is 7. The fourth-order valence-corrected chi connectivity index (χ4v) is 5.07. The van der Waals surface area contributed by atoms with Crippen LogP contribution in [0.4, 0.5) is 4.39 Å². The maximum atomic E-state index is 12.8. The van der Waals surface area contributed by atoms with E-state index in [0.717, 1.165) is 37.9 Å². The molecule has 10 heteroatoms. The predicted molar refractivity (Wildman–Crippen MR) is 131 cm³/mol. The number of hydrogen-bond donors (Lipinski definition) is 3. The maximum Gasteiger partial charge on any atom is 0.316 e. The largest absolute Gasteiger partial charge is 0.464 e. The fraction of sp³-hybridized carbons (Fsp3) is 0.538. The van der Waals surface area contributed by atoms with E-state index in [1.807, 2.05) is 6.92 Å². The monoisotopic (exact) mass is 499 g/mol. The highest BCUT2D eigenvalue weighted by molar-refractivity contribution is 5.96. The van der Waals surface area contributed by atoms with Gasteiger partial charge in [0.1, 0.15) is 6.67 Å². The van der Waals surface area contributed by atoms with E-state index in [1.165, 1.54) is 6.07 Å². The number of nitrogens with zero attached hydrogens (tertiary/aromatic N) is 3. The van der Waals surface area contributed by atoms with Crippen LogP contribution < -0.4 is 15.4 Å². The molecule has 0 radical (unpaired) electrons. The summed E-state index contributed by atoms with van der Waals surface area (Å²) in [6.07, 6.45) is 7.07. The number of alkyl halides is 1. The summed E-state index contributed by atoms with van der Waals surface area (Å²) < 4.78 is 18.1. The number of likely N-dealkylation sites (tertiary alicyclic amines) is 1. The van der Waals surface area contributed by atoms with Crippen LogP contribution in [-0.4, -0.2) is 70.1 Å². The molecule has 2 fully saturated rings. The summed E-state index contributed by atoms with van der Waals surface area (Å²) in [5.74, 6) is -0.647. The maximum absolute atomic E-state index is 12.8. The van der Waals surface area contributed by atoms with Crippen molar-refractivity contribution in [3.8, 4) is 6.01 Å². The van der Waals surface area contributed by atoms with Gasteiger partial charge in [0, 0.05) is 48.7 Å². The number of aromatic nitrogens is 2. The number of nitrogens with one attached hydrogen (secondary N) is 2. The Morgan fingerprint density at radius 1 is 1.22 bits per heavy atom. The molecule has 1 saturated carbocycles. The van der Waals surface area contributed by atoms with Crippen molar-refractivity contribution in [1.29, 1.82) is 0 Å². The van der Waals surface area contributed by atoms with Crippen molar-refractivity contribution < 1.29 is 23.8 Å². The van der Waals surface area contributed by atoms with Gasteiger partial charge in [-0.1, -0.05) is 12.1 Å². The molecule has 1 atom stereocenters. The van der Waals surface area contributed by atoms with Crippen LogP contribution in [0.25, 0.3) is 0 Å². The van der Waals surface area contributed by atoms with Gasteiger partial charge in [-0.25, -0.2) is 14.4 Å². The third kappa shape index (κ3) is 6.36. The van der Waals surface area contributed by atoms with Crippen molar-refractivity contribution >= 4 is 11.8 Å². The Hall–Kier alpha value is -3.11. The second kappa shape index (κ2) is 11.7. The average molecular weight is 500 g/mol. The molecular weight excluding hydrogens is 465 g/mol. The number of halogens is 1. The normalized spacial score (nSPS) is 24.3. The highest BCUT2D eigenvalue weighted by Gasteiger charge is 2.39. The number of carbonyl (C=O) groups excluding carboxylic acids is 2. The summed E-state index contributed by atoms with van der Waals surface area (Å²) in [5.41, 5.74) is 0.539. The lowest BCUT2D eigenvalue weighted by molar-refractivity contribution is -0.120. The van der Waals surface area contributed by atoms with E-state index in [0.29, 0.717) is 42.6 Å². The van der Waals surface area contributed by atoms with Gasteiger partial charge in [-0.2, -0.15) is 0 Å². The topological polar surface area (TPSA) is 117 Å². The summed E-state index contributed by atoms with van der Waals surface area (Å²) in [5, 5.41) is 16.8. The summed E-state index contributed by atoms with van der Waals surface area (Å²) in [6, 6.07) is 6.98. The first-order valence-electron chi connectivity index (χ1n) is 12.5. The zero-order chi connectivity index (χ0) is 25.5. The molecule has 9 nitrogen and oxygen atoms in total. The van der Waals surface area contributed by atoms with E-state index in [-0.39, 0.29) is 18.5 Å². The Morgan fingerprint density at radius 2 is 1.97 bits per heavy atom. The molecule has 36 heavy (non-hydrogen) atoms. The molecule has 3 N–H and O–H groups in total. The molecule has 1 aromatic heterocycles. The van der Waals surface area contributed by atoms with Gasteiger partial charge in [0.2, 0.25) is 5.91 Å². The smallest absolute Gasteiger partial charge is 0.316 e. The lowest BCUT2D eigenvalue weighted by Gasteiger charge is -2.39. The molecule has 2 amide bonds. The van der Waals surface area contributed by atoms with Crippen molar-refractivity contribution in [2.45, 2.75) is 63.4 Å². The van der Waals surface area contributed by atoms with Gasteiger partial charge in [-0.05, 0) is 56.7 Å². The van der Waals surface area contributed by atoms with E-state index in [9.17, 15) is 19.1 Å². The van der Waals surface area contributed by atoms with Crippen LogP contribution in [0.2, 0.25) is 0 Å². The number of ether oxygens (including phenoxy) is 1. The first-order valence-corrected chi connectivity index (χ1v) is 12.5. The highest BCUT2D eigenvalue weighted by atomic mass is 19.1. The second-order valence-electron chi connectivity index (χ2n) is 9.51. The van der Waals surface area contributed by atoms with E-state index in [4.69, 9.17) is 4.74 Å². The third-order valence-corrected chi connectivity index (χ3v) is 7.08. The van der Waals surface area contributed by atoms with Crippen LogP contribution in [0.5, 0.6) is 6.01 Å². The van der Waals surface area contributed by atoms with Crippen LogP contribution in [0.1, 0.15) is 60.5 Å². The fourth-order valence-electron chi connectivity index (χ4n) is 5.07. The van der Waals surface area contributed by atoms with Crippen molar-refractivity contribution in [1.82, 2.24) is 25.5 Å². The van der Waals surface area contributed by atoms with Gasteiger partial charge in [-0.3, -0.25) is 14.5 Å². The molecule has 2 aromatic rings. The Morgan fingerprint density at radius 3 is 2.67 bits per heavy atom. The summed E-state index contributed by atoms with van der Waals surface area (Å²) >= 11 is 0. The standard InChI is InChI=1S/C26H34FN5O4/c1-2-36-25-29-14-20(15-30-25)26(35)9-6-22(7-10-26)32-11-8-21(17-32)31-23(33)16-28-24(34)19-5-3-4-18(12-19)13-27/h3-5,12,14-15,21-22,35H,2,6-11,13,16-17H2,1H3,(H,28,34)(H,31,33)/t21-,22?,26?/m1/s1. The van der Waals surface area contributed by atoms with Crippen molar-refractivity contribution in [2.24, 2.45) is 0 Å². The van der Waals surface area contributed by atoms with Crippen molar-refractivity contribution in [3.05, 3.63) is 53.3 Å². The predicted octanol–water partition coefficient (Wildman–Crippen LogP) is 2.10. The highest BCUT2D eigenvalue weighted by Crippen LogP contribution is 2.39. The van der Waals surface area contributed by atoms with Crippen LogP contribution in [0.15, 0.2) is 36.7 Å². The lowest BCUT2D eigenvalue weighted by atomic mass is 9.78. The molecule has 1 aliphatic heterocycles. The van der Waals surface area contributed by atoms with Crippen LogP contribution >= 0.6 is 0 Å². The van der Waals surface area contributed by atoms with Crippen LogP contribution in [0.3, 0.4) is 0 Å². The van der Waals surface area contributed by atoms with Crippen molar-refractivity contribution in [3.63, 3.8) is 0 Å². The van der Waals surface area contributed by atoms with Gasteiger partial charge in [0.05, 0.1) is 18.8 Å². The van der Waals surface area contributed by atoms with E-state index >= 15 is 0 Å². The average Bonchev–Trinajstić information content (AvgIpc) is 3.36. The minimum atomic E-state index is -0.934. The number of benzene rings is 1. The van der Waals surface area contributed by atoms with Crippen LogP contribution in [-0.2, 0) is 17.1 Å². The number of aliphatic hydroxyl groups is 1. The van der Waals surface area contributed by atoms with Crippen molar-refractivity contribution in [2.75, 3.05) is 26.2 Å². The Labute approximate surface area is 210 Å². The van der Waals surface area contributed by atoms with Gasteiger partial charge in [0.25, 0.3) is 5.91 Å². The molecule has 1 saturated heterocycles. The van der Waals surface area contributed by atoms with Gasteiger partial charge < -0.3 is 20.5 Å². The van der Waals surface area contributed by atoms with E-state index in [2.05, 4.69) is 25.5 Å². The summed E-state index contributed by atoms with van der Waals surface area (Å²) in [7, 11) is 0. The van der Waals surface area contributed by atoms with Gasteiger partial charge in [0.15, 0.2) is 0 Å². The zero-order valence-corrected chi connectivity index (χ0v) is 20.6. The Kier molecular flexibility index (Phi) is 8.48. The quantitative estimate of drug-likeness (QED) is 0.484. The molecule has 2 aliphatic rings. The minimum Gasteiger partial charge on any atom is -0.464 e. The molecule has 0 unspecified atom stereocenters. The summed E-state index contributed by atoms with van der Waals surface area (Å²) in [6.45, 7) is 3.21. The van der Waals surface area contributed by atoms with Gasteiger partial charge in [-0.15, -0.1) is 0 Å².